The van der Waals surface area contributed by atoms with E-state index in [9.17, 15) is 8.42 Å². The highest BCUT2D eigenvalue weighted by Crippen LogP contribution is 2.26. The van der Waals surface area contributed by atoms with Gasteiger partial charge in [0.1, 0.15) is 9.50 Å². The Hall–Kier alpha value is -1.62. The second kappa shape index (κ2) is 6.02. The third kappa shape index (κ3) is 3.53. The zero-order chi connectivity index (χ0) is 15.6. The molecular weight excluding hydrogens is 378 g/mol. The maximum absolute atomic E-state index is 12.4. The SMILES string of the molecule is Cc1nc(Br)ccc1NS(=O)(=O)c1cc(C#N)ccc1Cl. The minimum atomic E-state index is -3.90. The largest absolute Gasteiger partial charge is 0.278 e. The Kier molecular flexibility index (Phi) is 4.52. The van der Waals surface area contributed by atoms with Crippen molar-refractivity contribution in [1.82, 2.24) is 4.98 Å². The molecule has 0 bridgehead atoms. The number of aryl methyl sites for hydroxylation is 1. The fourth-order valence-corrected chi connectivity index (χ4v) is 3.66. The minimum Gasteiger partial charge on any atom is -0.278 e. The zero-order valence-electron chi connectivity index (χ0n) is 10.8. The lowest BCUT2D eigenvalue weighted by Crippen LogP contribution is -2.15. The highest BCUT2D eigenvalue weighted by Gasteiger charge is 2.20. The van der Waals surface area contributed by atoms with Crippen molar-refractivity contribution >= 4 is 43.2 Å². The summed E-state index contributed by atoms with van der Waals surface area (Å²) in [5.41, 5.74) is 1.07. The third-order valence-corrected chi connectivity index (χ3v) is 4.93. The number of benzene rings is 1. The number of anilines is 1. The van der Waals surface area contributed by atoms with E-state index < -0.39 is 10.0 Å². The molecule has 8 heteroatoms. The Morgan fingerprint density at radius 3 is 2.67 bits per heavy atom. The van der Waals surface area contributed by atoms with E-state index in [1.54, 1.807) is 19.1 Å². The molecule has 1 aromatic carbocycles. The number of nitriles is 1. The van der Waals surface area contributed by atoms with Gasteiger partial charge in [-0.15, -0.1) is 0 Å². The maximum Gasteiger partial charge on any atom is 0.263 e. The summed E-state index contributed by atoms with van der Waals surface area (Å²) in [7, 11) is -3.90. The minimum absolute atomic E-state index is 0.0456. The van der Waals surface area contributed by atoms with E-state index in [0.29, 0.717) is 16.0 Å². The first-order valence-electron chi connectivity index (χ1n) is 5.69. The molecule has 21 heavy (non-hydrogen) atoms. The number of hydrogen-bond acceptors (Lipinski definition) is 4. The van der Waals surface area contributed by atoms with Gasteiger partial charge in [0.15, 0.2) is 0 Å². The van der Waals surface area contributed by atoms with Gasteiger partial charge < -0.3 is 0 Å². The van der Waals surface area contributed by atoms with E-state index >= 15 is 0 Å². The molecule has 0 unspecified atom stereocenters. The Morgan fingerprint density at radius 1 is 1.33 bits per heavy atom. The second-order valence-corrected chi connectivity index (χ2v) is 7.00. The average Bonchev–Trinajstić information content (AvgIpc) is 2.42. The van der Waals surface area contributed by atoms with Gasteiger partial charge in [0.05, 0.1) is 28.0 Å². The number of halogens is 2. The van der Waals surface area contributed by atoms with Crippen LogP contribution in [0.4, 0.5) is 5.69 Å². The standard InChI is InChI=1S/C13H9BrClN3O2S/c1-8-11(4-5-13(14)17-8)18-21(19,20)12-6-9(7-16)2-3-10(12)15/h2-6,18H,1H3. The van der Waals surface area contributed by atoms with Crippen LogP contribution in [0, 0.1) is 18.3 Å². The summed E-state index contributed by atoms with van der Waals surface area (Å²) < 4.78 is 27.8. The molecule has 1 aromatic heterocycles. The summed E-state index contributed by atoms with van der Waals surface area (Å²) in [6, 6.07) is 9.15. The van der Waals surface area contributed by atoms with Crippen LogP contribution >= 0.6 is 27.5 Å². The van der Waals surface area contributed by atoms with Crippen LogP contribution in [0.15, 0.2) is 39.8 Å². The topological polar surface area (TPSA) is 82.8 Å². The summed E-state index contributed by atoms with van der Waals surface area (Å²) in [6.07, 6.45) is 0. The molecule has 0 spiro atoms. The molecule has 0 fully saturated rings. The molecule has 5 nitrogen and oxygen atoms in total. The first-order valence-corrected chi connectivity index (χ1v) is 8.34. The van der Waals surface area contributed by atoms with Gasteiger partial charge in [-0.2, -0.15) is 5.26 Å². The van der Waals surface area contributed by atoms with E-state index in [0.717, 1.165) is 0 Å². The molecule has 108 valence electrons. The van der Waals surface area contributed by atoms with E-state index in [-0.39, 0.29) is 15.5 Å². The van der Waals surface area contributed by atoms with Gasteiger partial charge in [-0.05, 0) is 53.2 Å². The number of nitrogens with one attached hydrogen (secondary N) is 1. The number of sulfonamides is 1. The zero-order valence-corrected chi connectivity index (χ0v) is 13.9. The summed E-state index contributed by atoms with van der Waals surface area (Å²) in [6.45, 7) is 1.68. The molecule has 0 aliphatic heterocycles. The fraction of sp³-hybridized carbons (Fsp3) is 0.0769. The molecule has 0 aliphatic carbocycles. The molecule has 1 N–H and O–H groups in total. The van der Waals surface area contributed by atoms with Gasteiger partial charge in [-0.1, -0.05) is 11.6 Å². The third-order valence-electron chi connectivity index (χ3n) is 2.65. The molecule has 0 aliphatic rings. The van der Waals surface area contributed by atoms with Crippen LogP contribution < -0.4 is 4.72 Å². The van der Waals surface area contributed by atoms with E-state index in [1.807, 2.05) is 6.07 Å². The van der Waals surface area contributed by atoms with Crippen LogP contribution in [-0.4, -0.2) is 13.4 Å². The normalized spacial score (nSPS) is 11.0. The summed E-state index contributed by atoms with van der Waals surface area (Å²) in [5, 5.41) is 8.91. The number of pyridine rings is 1. The van der Waals surface area contributed by atoms with Crippen LogP contribution in [-0.2, 0) is 10.0 Å². The molecule has 0 saturated heterocycles. The van der Waals surface area contributed by atoms with Crippen LogP contribution in [0.1, 0.15) is 11.3 Å². The molecule has 0 atom stereocenters. The molecule has 1 heterocycles. The van der Waals surface area contributed by atoms with Gasteiger partial charge in [-0.3, -0.25) is 4.72 Å². The number of rotatable bonds is 3. The van der Waals surface area contributed by atoms with Crippen LogP contribution in [0.25, 0.3) is 0 Å². The lowest BCUT2D eigenvalue weighted by atomic mass is 10.2. The predicted molar refractivity (Wildman–Crippen MR) is 83.6 cm³/mol. The van der Waals surface area contributed by atoms with E-state index in [4.69, 9.17) is 16.9 Å². The maximum atomic E-state index is 12.4. The number of hydrogen-bond donors (Lipinski definition) is 1. The van der Waals surface area contributed by atoms with Crippen molar-refractivity contribution in [2.45, 2.75) is 11.8 Å². The fourth-order valence-electron chi connectivity index (χ4n) is 1.62. The van der Waals surface area contributed by atoms with Gasteiger partial charge >= 0.3 is 0 Å². The molecule has 0 saturated carbocycles. The number of aromatic nitrogens is 1. The van der Waals surface area contributed by atoms with Gasteiger partial charge in [0.25, 0.3) is 10.0 Å². The Labute approximate surface area is 135 Å². The molecular formula is C13H9BrClN3O2S. The Bertz CT molecular complexity index is 847. The van der Waals surface area contributed by atoms with Gasteiger partial charge in [0.2, 0.25) is 0 Å². The molecule has 0 radical (unpaired) electrons. The predicted octanol–water partition coefficient (Wildman–Crippen LogP) is 3.48. The van der Waals surface area contributed by atoms with Crippen molar-refractivity contribution in [2.75, 3.05) is 4.72 Å². The summed E-state index contributed by atoms with van der Waals surface area (Å²) >= 11 is 9.12. The van der Waals surface area contributed by atoms with Crippen molar-refractivity contribution in [2.24, 2.45) is 0 Å². The first-order chi connectivity index (χ1) is 9.83. The molecule has 2 rings (SSSR count). The number of nitrogens with zero attached hydrogens (tertiary/aromatic N) is 2. The lowest BCUT2D eigenvalue weighted by Gasteiger charge is -2.11. The average molecular weight is 387 g/mol. The van der Waals surface area contributed by atoms with Crippen LogP contribution in [0.5, 0.6) is 0 Å². The van der Waals surface area contributed by atoms with Gasteiger partial charge in [-0.25, -0.2) is 13.4 Å². The van der Waals surface area contributed by atoms with Crippen LogP contribution in [0.2, 0.25) is 5.02 Å². The van der Waals surface area contributed by atoms with Crippen molar-refractivity contribution in [3.05, 3.63) is 51.2 Å². The van der Waals surface area contributed by atoms with E-state index in [1.165, 1.54) is 18.2 Å². The molecule has 0 amide bonds. The summed E-state index contributed by atoms with van der Waals surface area (Å²) in [4.78, 5) is 3.96. The highest BCUT2D eigenvalue weighted by atomic mass is 79.9. The Balaban J connectivity index is 2.46. The summed E-state index contributed by atoms with van der Waals surface area (Å²) in [5.74, 6) is 0. The van der Waals surface area contributed by atoms with Crippen molar-refractivity contribution in [3.63, 3.8) is 0 Å². The van der Waals surface area contributed by atoms with Crippen molar-refractivity contribution in [1.29, 1.82) is 5.26 Å². The molecule has 2 aromatic rings. The lowest BCUT2D eigenvalue weighted by molar-refractivity contribution is 0.601. The van der Waals surface area contributed by atoms with Crippen molar-refractivity contribution in [3.8, 4) is 6.07 Å². The first kappa shape index (κ1) is 15.8. The highest BCUT2D eigenvalue weighted by molar-refractivity contribution is 9.10. The monoisotopic (exact) mass is 385 g/mol. The smallest absolute Gasteiger partial charge is 0.263 e. The quantitative estimate of drug-likeness (QED) is 0.819. The van der Waals surface area contributed by atoms with E-state index in [2.05, 4.69) is 25.6 Å². The van der Waals surface area contributed by atoms with Crippen LogP contribution in [0.3, 0.4) is 0 Å². The second-order valence-electron chi connectivity index (χ2n) is 4.13. The Morgan fingerprint density at radius 2 is 2.05 bits per heavy atom. The van der Waals surface area contributed by atoms with Crippen molar-refractivity contribution < 1.29 is 8.42 Å². The van der Waals surface area contributed by atoms with Gasteiger partial charge in [0, 0.05) is 0 Å².